The first kappa shape index (κ1) is 12.3. The molecule has 2 rings (SSSR count). The smallest absolute Gasteiger partial charge is 0.292 e. The van der Waals surface area contributed by atoms with Gasteiger partial charge in [-0.2, -0.15) is 0 Å². The zero-order valence-electron chi connectivity index (χ0n) is 9.96. The van der Waals surface area contributed by atoms with Gasteiger partial charge in [-0.3, -0.25) is 14.9 Å². The van der Waals surface area contributed by atoms with Crippen molar-refractivity contribution in [3.63, 3.8) is 0 Å². The molecule has 0 atom stereocenters. The number of rotatable bonds is 2. The molecule has 1 aliphatic rings. The van der Waals surface area contributed by atoms with E-state index in [1.54, 1.807) is 11.0 Å². The number of likely N-dealkylation sites (tertiary alicyclic amines) is 1. The van der Waals surface area contributed by atoms with E-state index in [0.29, 0.717) is 5.56 Å². The average molecular weight is 249 g/mol. The summed E-state index contributed by atoms with van der Waals surface area (Å²) in [4.78, 5) is 24.1. The fraction of sp³-hybridized carbons (Fsp3) is 0.417. The number of anilines is 1. The van der Waals surface area contributed by atoms with Crippen molar-refractivity contribution < 1.29 is 9.72 Å². The van der Waals surface area contributed by atoms with Crippen molar-refractivity contribution in [1.29, 1.82) is 0 Å². The minimum atomic E-state index is -0.567. The second-order valence-electron chi connectivity index (χ2n) is 4.38. The van der Waals surface area contributed by atoms with Crippen LogP contribution in [0.15, 0.2) is 18.2 Å². The topological polar surface area (TPSA) is 89.5 Å². The van der Waals surface area contributed by atoms with Gasteiger partial charge in [0.2, 0.25) is 0 Å². The van der Waals surface area contributed by atoms with Gasteiger partial charge in [0.05, 0.1) is 4.92 Å². The molecule has 96 valence electrons. The molecule has 0 saturated carbocycles. The number of benzene rings is 1. The number of amides is 1. The molecule has 1 amide bonds. The Kier molecular flexibility index (Phi) is 3.45. The number of nitrogens with two attached hydrogens (primary N) is 1. The molecule has 1 aliphatic heterocycles. The van der Waals surface area contributed by atoms with Gasteiger partial charge in [-0.05, 0) is 31.4 Å². The summed E-state index contributed by atoms with van der Waals surface area (Å²) in [7, 11) is 0. The first-order chi connectivity index (χ1) is 8.59. The molecule has 0 unspecified atom stereocenters. The highest BCUT2D eigenvalue weighted by Crippen LogP contribution is 2.23. The Bertz CT molecular complexity index is 481. The average Bonchev–Trinajstić information content (AvgIpc) is 2.39. The molecule has 0 aromatic heterocycles. The van der Waals surface area contributed by atoms with Gasteiger partial charge < -0.3 is 10.6 Å². The van der Waals surface area contributed by atoms with Gasteiger partial charge in [-0.15, -0.1) is 0 Å². The van der Waals surface area contributed by atoms with Crippen LogP contribution >= 0.6 is 0 Å². The number of nitrogens with zero attached hydrogens (tertiary/aromatic N) is 2. The third kappa shape index (κ3) is 2.42. The Hall–Kier alpha value is -2.11. The maximum atomic E-state index is 12.1. The van der Waals surface area contributed by atoms with Crippen LogP contribution in [-0.2, 0) is 0 Å². The highest BCUT2D eigenvalue weighted by molar-refractivity contribution is 5.95. The maximum Gasteiger partial charge on any atom is 0.292 e. The Morgan fingerprint density at radius 1 is 1.28 bits per heavy atom. The Balaban J connectivity index is 2.24. The van der Waals surface area contributed by atoms with Crippen LogP contribution in [0.25, 0.3) is 0 Å². The summed E-state index contributed by atoms with van der Waals surface area (Å²) < 4.78 is 0. The number of hydrogen-bond acceptors (Lipinski definition) is 4. The quantitative estimate of drug-likeness (QED) is 0.491. The van der Waals surface area contributed by atoms with Gasteiger partial charge in [0, 0.05) is 24.7 Å². The van der Waals surface area contributed by atoms with Crippen LogP contribution in [0, 0.1) is 10.1 Å². The number of nitro benzene ring substituents is 1. The molecule has 6 heteroatoms. The lowest BCUT2D eigenvalue weighted by molar-refractivity contribution is -0.383. The van der Waals surface area contributed by atoms with Crippen molar-refractivity contribution >= 4 is 17.3 Å². The first-order valence-electron chi connectivity index (χ1n) is 5.93. The van der Waals surface area contributed by atoms with Crippen LogP contribution in [0.2, 0.25) is 0 Å². The fourth-order valence-corrected chi connectivity index (χ4v) is 2.11. The molecule has 0 spiro atoms. The summed E-state index contributed by atoms with van der Waals surface area (Å²) in [6.45, 7) is 1.44. The predicted octanol–water partition coefficient (Wildman–Crippen LogP) is 1.80. The van der Waals surface area contributed by atoms with Crippen molar-refractivity contribution in [3.8, 4) is 0 Å². The van der Waals surface area contributed by atoms with E-state index in [-0.39, 0.29) is 17.3 Å². The lowest BCUT2D eigenvalue weighted by Crippen LogP contribution is -2.35. The van der Waals surface area contributed by atoms with Gasteiger partial charge in [-0.1, -0.05) is 0 Å². The van der Waals surface area contributed by atoms with Crippen LogP contribution < -0.4 is 5.73 Å². The third-order valence-corrected chi connectivity index (χ3v) is 3.12. The molecule has 2 N–H and O–H groups in total. The standard InChI is InChI=1S/C12H15N3O3/c13-10-5-4-9(8-11(10)15(17)18)12(16)14-6-2-1-3-7-14/h4-5,8H,1-3,6-7,13H2. The molecule has 1 aromatic carbocycles. The minimum absolute atomic E-state index is 0.0789. The van der Waals surface area contributed by atoms with E-state index in [1.165, 1.54) is 12.1 Å². The van der Waals surface area contributed by atoms with Crippen LogP contribution in [0.5, 0.6) is 0 Å². The zero-order chi connectivity index (χ0) is 13.1. The van der Waals surface area contributed by atoms with Crippen molar-refractivity contribution in [2.45, 2.75) is 19.3 Å². The van der Waals surface area contributed by atoms with Crippen LogP contribution in [-0.4, -0.2) is 28.8 Å². The Labute approximate surface area is 105 Å². The van der Waals surface area contributed by atoms with Gasteiger partial charge in [-0.25, -0.2) is 0 Å². The molecule has 1 fully saturated rings. The number of nitrogen functional groups attached to an aromatic ring is 1. The van der Waals surface area contributed by atoms with Gasteiger partial charge in [0.25, 0.3) is 11.6 Å². The lowest BCUT2D eigenvalue weighted by atomic mass is 10.1. The Morgan fingerprint density at radius 2 is 1.94 bits per heavy atom. The number of nitro groups is 1. The molecule has 6 nitrogen and oxygen atoms in total. The number of carbonyl (C=O) groups excluding carboxylic acids is 1. The summed E-state index contributed by atoms with van der Waals surface area (Å²) in [5, 5.41) is 10.8. The maximum absolute atomic E-state index is 12.1. The lowest BCUT2D eigenvalue weighted by Gasteiger charge is -2.26. The van der Waals surface area contributed by atoms with Crippen molar-refractivity contribution in [2.24, 2.45) is 0 Å². The van der Waals surface area contributed by atoms with Gasteiger partial charge in [0.15, 0.2) is 0 Å². The monoisotopic (exact) mass is 249 g/mol. The summed E-state index contributed by atoms with van der Waals surface area (Å²) in [5.41, 5.74) is 5.70. The summed E-state index contributed by atoms with van der Waals surface area (Å²) >= 11 is 0. The van der Waals surface area contributed by atoms with E-state index >= 15 is 0 Å². The molecule has 18 heavy (non-hydrogen) atoms. The molecule has 0 bridgehead atoms. The van der Waals surface area contributed by atoms with E-state index in [9.17, 15) is 14.9 Å². The molecular weight excluding hydrogens is 234 g/mol. The number of piperidine rings is 1. The summed E-state index contributed by atoms with van der Waals surface area (Å²) in [6.07, 6.45) is 3.11. The van der Waals surface area contributed by atoms with E-state index in [4.69, 9.17) is 5.73 Å². The zero-order valence-corrected chi connectivity index (χ0v) is 9.96. The predicted molar refractivity (Wildman–Crippen MR) is 67.3 cm³/mol. The third-order valence-electron chi connectivity index (χ3n) is 3.12. The van der Waals surface area contributed by atoms with E-state index in [1.807, 2.05) is 0 Å². The highest BCUT2D eigenvalue weighted by Gasteiger charge is 2.21. The summed E-state index contributed by atoms with van der Waals surface area (Å²) in [5.74, 6) is -0.155. The van der Waals surface area contributed by atoms with E-state index < -0.39 is 4.92 Å². The van der Waals surface area contributed by atoms with Crippen molar-refractivity contribution in [1.82, 2.24) is 4.90 Å². The SMILES string of the molecule is Nc1ccc(C(=O)N2CCCCC2)cc1[N+](=O)[O-]. The normalized spacial score (nSPS) is 15.4. The van der Waals surface area contributed by atoms with Crippen molar-refractivity contribution in [3.05, 3.63) is 33.9 Å². The number of hydrogen-bond donors (Lipinski definition) is 1. The van der Waals surface area contributed by atoms with E-state index in [0.717, 1.165) is 32.4 Å². The van der Waals surface area contributed by atoms with Crippen LogP contribution in [0.1, 0.15) is 29.6 Å². The Morgan fingerprint density at radius 3 is 2.56 bits per heavy atom. The van der Waals surface area contributed by atoms with Gasteiger partial charge in [0.1, 0.15) is 5.69 Å². The molecule has 1 aromatic rings. The highest BCUT2D eigenvalue weighted by atomic mass is 16.6. The molecule has 1 heterocycles. The molecule has 0 aliphatic carbocycles. The second-order valence-corrected chi connectivity index (χ2v) is 4.38. The minimum Gasteiger partial charge on any atom is -0.393 e. The van der Waals surface area contributed by atoms with Crippen LogP contribution in [0.3, 0.4) is 0 Å². The largest absolute Gasteiger partial charge is 0.393 e. The van der Waals surface area contributed by atoms with Crippen LogP contribution in [0.4, 0.5) is 11.4 Å². The molecule has 0 radical (unpaired) electrons. The first-order valence-corrected chi connectivity index (χ1v) is 5.93. The summed E-state index contributed by atoms with van der Waals surface area (Å²) in [6, 6.07) is 4.21. The molecule has 1 saturated heterocycles. The second kappa shape index (κ2) is 5.03. The molecular formula is C12H15N3O3. The van der Waals surface area contributed by atoms with E-state index in [2.05, 4.69) is 0 Å². The van der Waals surface area contributed by atoms with Crippen molar-refractivity contribution in [2.75, 3.05) is 18.8 Å². The fourth-order valence-electron chi connectivity index (χ4n) is 2.11. The van der Waals surface area contributed by atoms with Gasteiger partial charge >= 0.3 is 0 Å². The number of carbonyl (C=O) groups is 1.